The number of aliphatic carboxylic acids is 2. The second-order valence-corrected chi connectivity index (χ2v) is 11.4. The SMILES string of the molecule is CCOCCOCCOc1ccc(CC(C(=O)OC)N2CCN(CC(=O)O)CCN(C(CC)C(=O)O)CCN(CC(=O)OC)CC2)cc1. The summed E-state index contributed by atoms with van der Waals surface area (Å²) in [6, 6.07) is 6.00. The van der Waals surface area contributed by atoms with E-state index in [1.165, 1.54) is 14.2 Å². The van der Waals surface area contributed by atoms with Crippen LogP contribution in [0.4, 0.5) is 0 Å². The lowest BCUT2D eigenvalue weighted by Crippen LogP contribution is -2.53. The minimum absolute atomic E-state index is 0.00487. The fraction of sp³-hybridized carbons (Fsp3) is 0.697. The third-order valence-corrected chi connectivity index (χ3v) is 8.20. The summed E-state index contributed by atoms with van der Waals surface area (Å²) < 4.78 is 26.7. The van der Waals surface area contributed by atoms with Crippen LogP contribution in [0, 0.1) is 0 Å². The second kappa shape index (κ2) is 23.1. The number of carbonyl (C=O) groups excluding carboxylic acids is 2. The lowest BCUT2D eigenvalue weighted by atomic mass is 10.0. The van der Waals surface area contributed by atoms with Crippen LogP contribution in [0.2, 0.25) is 0 Å². The van der Waals surface area contributed by atoms with Crippen LogP contribution in [-0.2, 0) is 44.5 Å². The number of benzene rings is 1. The minimum Gasteiger partial charge on any atom is -0.491 e. The van der Waals surface area contributed by atoms with Crippen LogP contribution in [0.15, 0.2) is 24.3 Å². The molecule has 2 unspecified atom stereocenters. The van der Waals surface area contributed by atoms with Gasteiger partial charge in [0.25, 0.3) is 0 Å². The van der Waals surface area contributed by atoms with Gasteiger partial charge in [0.2, 0.25) is 0 Å². The zero-order valence-electron chi connectivity index (χ0n) is 28.8. The predicted molar refractivity (Wildman–Crippen MR) is 176 cm³/mol. The number of ether oxygens (including phenoxy) is 5. The van der Waals surface area contributed by atoms with Crippen molar-refractivity contribution in [1.82, 2.24) is 19.6 Å². The van der Waals surface area contributed by atoms with Gasteiger partial charge in [-0.1, -0.05) is 19.1 Å². The molecule has 2 N–H and O–H groups in total. The van der Waals surface area contributed by atoms with Gasteiger partial charge in [-0.05, 0) is 37.5 Å². The molecule has 1 fully saturated rings. The summed E-state index contributed by atoms with van der Waals surface area (Å²) >= 11 is 0. The molecule has 0 aliphatic carbocycles. The van der Waals surface area contributed by atoms with E-state index < -0.39 is 36.0 Å². The number of hydrogen-bond donors (Lipinski definition) is 2. The Balaban J connectivity index is 2.24. The van der Waals surface area contributed by atoms with Gasteiger partial charge >= 0.3 is 23.9 Å². The highest BCUT2D eigenvalue weighted by Crippen LogP contribution is 2.17. The van der Waals surface area contributed by atoms with Gasteiger partial charge < -0.3 is 33.9 Å². The quantitative estimate of drug-likeness (QED) is 0.153. The van der Waals surface area contributed by atoms with Crippen molar-refractivity contribution in [3.63, 3.8) is 0 Å². The van der Waals surface area contributed by atoms with Crippen LogP contribution in [0.1, 0.15) is 25.8 Å². The Morgan fingerprint density at radius 2 is 1.25 bits per heavy atom. The highest BCUT2D eigenvalue weighted by molar-refractivity contribution is 5.76. The standard InChI is InChI=1S/C33H54N4O11/c1-5-28(32(41)42)36-15-11-34(24-30(38)39)12-17-37(18-14-35(13-16-36)25-31(40)44-3)29(33(43)45-4)23-26-7-9-27(10-8-26)48-22-21-47-20-19-46-6-2/h7-10,28-29H,5-6,11-25H2,1-4H3,(H,38,39)(H,41,42). The van der Waals surface area contributed by atoms with Crippen molar-refractivity contribution < 1.29 is 53.1 Å². The Labute approximate surface area is 283 Å². The molecule has 0 radical (unpaired) electrons. The summed E-state index contributed by atoms with van der Waals surface area (Å²) in [7, 11) is 2.65. The van der Waals surface area contributed by atoms with E-state index >= 15 is 0 Å². The number of methoxy groups -OCH3 is 2. The molecule has 15 nitrogen and oxygen atoms in total. The van der Waals surface area contributed by atoms with Crippen molar-refractivity contribution in [3.8, 4) is 5.75 Å². The molecule has 1 saturated heterocycles. The topological polar surface area (TPSA) is 168 Å². The molecule has 2 atom stereocenters. The Morgan fingerprint density at radius 1 is 0.708 bits per heavy atom. The molecule has 1 aliphatic heterocycles. The summed E-state index contributed by atoms with van der Waals surface area (Å²) in [6.07, 6.45) is 0.699. The van der Waals surface area contributed by atoms with E-state index in [-0.39, 0.29) is 13.1 Å². The molecule has 0 amide bonds. The van der Waals surface area contributed by atoms with E-state index in [9.17, 15) is 29.4 Å². The summed E-state index contributed by atoms with van der Waals surface area (Å²) in [6.45, 7) is 8.69. The fourth-order valence-corrected chi connectivity index (χ4v) is 5.52. The monoisotopic (exact) mass is 682 g/mol. The first-order chi connectivity index (χ1) is 23.1. The highest BCUT2D eigenvalue weighted by atomic mass is 16.5. The van der Waals surface area contributed by atoms with Crippen LogP contribution >= 0.6 is 0 Å². The van der Waals surface area contributed by atoms with Crippen molar-refractivity contribution >= 4 is 23.9 Å². The maximum atomic E-state index is 13.2. The maximum Gasteiger partial charge on any atom is 0.323 e. The zero-order chi connectivity index (χ0) is 35.3. The molecular weight excluding hydrogens is 628 g/mol. The third kappa shape index (κ3) is 15.3. The summed E-state index contributed by atoms with van der Waals surface area (Å²) in [5.41, 5.74) is 0.876. The van der Waals surface area contributed by atoms with Crippen molar-refractivity contribution in [2.24, 2.45) is 0 Å². The molecule has 1 heterocycles. The Bertz CT molecular complexity index is 1110. The highest BCUT2D eigenvalue weighted by Gasteiger charge is 2.30. The van der Waals surface area contributed by atoms with Gasteiger partial charge in [0.15, 0.2) is 0 Å². The first-order valence-corrected chi connectivity index (χ1v) is 16.5. The first-order valence-electron chi connectivity index (χ1n) is 16.5. The van der Waals surface area contributed by atoms with Gasteiger partial charge in [0, 0.05) is 59.0 Å². The Hall–Kier alpha value is -3.34. The van der Waals surface area contributed by atoms with E-state index in [1.807, 2.05) is 45.9 Å². The fourth-order valence-electron chi connectivity index (χ4n) is 5.52. The van der Waals surface area contributed by atoms with Gasteiger partial charge in [0.05, 0.1) is 47.1 Å². The molecule has 0 spiro atoms. The average molecular weight is 683 g/mol. The molecule has 2 rings (SSSR count). The molecule has 1 aromatic carbocycles. The number of carboxylic acid groups (broad SMARTS) is 2. The van der Waals surface area contributed by atoms with Gasteiger partial charge in [-0.15, -0.1) is 0 Å². The molecule has 272 valence electrons. The Morgan fingerprint density at radius 3 is 1.75 bits per heavy atom. The number of hydrogen-bond acceptors (Lipinski definition) is 13. The van der Waals surface area contributed by atoms with E-state index in [4.69, 9.17) is 23.7 Å². The molecule has 0 saturated carbocycles. The molecule has 15 heteroatoms. The van der Waals surface area contributed by atoms with Crippen molar-refractivity contribution in [1.29, 1.82) is 0 Å². The molecule has 0 bridgehead atoms. The van der Waals surface area contributed by atoms with E-state index in [2.05, 4.69) is 0 Å². The number of nitrogens with zero attached hydrogens (tertiary/aromatic N) is 4. The van der Waals surface area contributed by atoms with E-state index in [0.717, 1.165) is 5.56 Å². The van der Waals surface area contributed by atoms with Gasteiger partial charge in [-0.25, -0.2) is 0 Å². The number of carboxylic acids is 2. The minimum atomic E-state index is -1.00. The van der Waals surface area contributed by atoms with Crippen molar-refractivity contribution in [2.45, 2.75) is 38.8 Å². The first kappa shape index (κ1) is 40.8. The average Bonchev–Trinajstić information content (AvgIpc) is 3.06. The summed E-state index contributed by atoms with van der Waals surface area (Å²) in [4.78, 5) is 56.8. The number of rotatable bonds is 19. The normalized spacial score (nSPS) is 17.4. The maximum absolute atomic E-state index is 13.2. The van der Waals surface area contributed by atoms with Gasteiger partial charge in [-0.2, -0.15) is 0 Å². The second-order valence-electron chi connectivity index (χ2n) is 11.4. The number of esters is 2. The summed E-state index contributed by atoms with van der Waals surface area (Å²) in [5.74, 6) is -2.16. The van der Waals surface area contributed by atoms with Gasteiger partial charge in [-0.3, -0.25) is 38.8 Å². The van der Waals surface area contributed by atoms with E-state index in [1.54, 1.807) is 11.8 Å². The molecular formula is C33H54N4O11. The lowest BCUT2D eigenvalue weighted by molar-refractivity contribution is -0.148. The molecule has 0 aromatic heterocycles. The predicted octanol–water partition coefficient (Wildman–Crippen LogP) is 0.545. The molecule has 48 heavy (non-hydrogen) atoms. The summed E-state index contributed by atoms with van der Waals surface area (Å²) in [5, 5.41) is 19.5. The molecule has 1 aliphatic rings. The van der Waals surface area contributed by atoms with Crippen LogP contribution in [0.3, 0.4) is 0 Å². The van der Waals surface area contributed by atoms with Crippen molar-refractivity contribution in [3.05, 3.63) is 29.8 Å². The largest absolute Gasteiger partial charge is 0.491 e. The van der Waals surface area contributed by atoms with Crippen LogP contribution in [0.25, 0.3) is 0 Å². The van der Waals surface area contributed by atoms with Gasteiger partial charge in [0.1, 0.15) is 24.4 Å². The number of carbonyl (C=O) groups is 4. The van der Waals surface area contributed by atoms with Crippen LogP contribution in [-0.4, -0.2) is 178 Å². The van der Waals surface area contributed by atoms with Crippen LogP contribution in [0.5, 0.6) is 5.75 Å². The smallest absolute Gasteiger partial charge is 0.323 e. The third-order valence-electron chi connectivity index (χ3n) is 8.20. The lowest BCUT2D eigenvalue weighted by Gasteiger charge is -2.37. The zero-order valence-corrected chi connectivity index (χ0v) is 28.8. The van der Waals surface area contributed by atoms with Crippen LogP contribution < -0.4 is 4.74 Å². The Kier molecular flexibility index (Phi) is 19.6. The molecule has 1 aromatic rings. The van der Waals surface area contributed by atoms with Crippen molar-refractivity contribution in [2.75, 3.05) is 113 Å². The van der Waals surface area contributed by atoms with E-state index in [0.29, 0.717) is 104 Å².